The van der Waals surface area contributed by atoms with Crippen LogP contribution in [0.1, 0.15) is 41.6 Å². The van der Waals surface area contributed by atoms with Gasteiger partial charge in [0.2, 0.25) is 0 Å². The number of halogens is 3. The van der Waals surface area contributed by atoms with Crippen molar-refractivity contribution >= 4 is 35.8 Å². The number of hydrogen-bond acceptors (Lipinski definition) is 5. The monoisotopic (exact) mass is 573 g/mol. The summed E-state index contributed by atoms with van der Waals surface area (Å²) in [6.07, 6.45) is 4.54. The summed E-state index contributed by atoms with van der Waals surface area (Å²) in [5.41, 5.74) is 5.44. The van der Waals surface area contributed by atoms with Gasteiger partial charge in [0.25, 0.3) is 0 Å². The highest BCUT2D eigenvalue weighted by molar-refractivity contribution is 5.85. The summed E-state index contributed by atoms with van der Waals surface area (Å²) in [6.45, 7) is 4.48. The first-order valence-electron chi connectivity index (χ1n) is 13.2. The van der Waals surface area contributed by atoms with Crippen LogP contribution in [0.5, 0.6) is 5.75 Å². The molecule has 210 valence electrons. The number of benzene rings is 3. The minimum atomic E-state index is -0.269. The topological polar surface area (TPSA) is 41.7 Å². The molecule has 1 saturated heterocycles. The molecule has 0 aliphatic carbocycles. The van der Waals surface area contributed by atoms with E-state index in [1.54, 1.807) is 12.1 Å². The van der Waals surface area contributed by atoms with Gasteiger partial charge in [-0.1, -0.05) is 41.6 Å². The van der Waals surface area contributed by atoms with Gasteiger partial charge in [-0.05, 0) is 100 Å². The molecule has 0 saturated carbocycles. The Balaban J connectivity index is 0.00000210. The van der Waals surface area contributed by atoms with E-state index in [2.05, 4.69) is 57.4 Å². The van der Waals surface area contributed by atoms with Crippen LogP contribution in [0.15, 0.2) is 71.3 Å². The largest absolute Gasteiger partial charge is 0.489 e. The maximum absolute atomic E-state index is 13.2. The maximum atomic E-state index is 13.2. The lowest BCUT2D eigenvalue weighted by Gasteiger charge is -2.32. The zero-order valence-corrected chi connectivity index (χ0v) is 24.3. The van der Waals surface area contributed by atoms with Crippen LogP contribution in [-0.2, 0) is 26.1 Å². The molecule has 5 nitrogen and oxygen atoms in total. The van der Waals surface area contributed by atoms with E-state index in [0.717, 1.165) is 72.7 Å². The molecule has 0 unspecified atom stereocenters. The van der Waals surface area contributed by atoms with Crippen LogP contribution in [0, 0.1) is 11.7 Å². The van der Waals surface area contributed by atoms with Crippen LogP contribution in [0.3, 0.4) is 0 Å². The highest BCUT2D eigenvalue weighted by Crippen LogP contribution is 2.30. The smallest absolute Gasteiger partial charge is 0.172 e. The second kappa shape index (κ2) is 14.7. The number of fused-ring (bicyclic) bond motifs is 1. The predicted octanol–water partition coefficient (Wildman–Crippen LogP) is 7.30. The molecule has 1 fully saturated rings. The van der Waals surface area contributed by atoms with E-state index in [1.165, 1.54) is 30.5 Å². The molecule has 3 aromatic carbocycles. The molecule has 5 rings (SSSR count). The Hall–Kier alpha value is -2.64. The number of ether oxygens (including phenoxy) is 1. The second-order valence-corrected chi connectivity index (χ2v) is 10.4. The summed E-state index contributed by atoms with van der Waals surface area (Å²) in [5, 5.41) is 5.60. The van der Waals surface area contributed by atoms with Crippen LogP contribution >= 0.6 is 24.8 Å². The van der Waals surface area contributed by atoms with Crippen molar-refractivity contribution in [1.82, 2.24) is 15.0 Å². The summed E-state index contributed by atoms with van der Waals surface area (Å²) in [7, 11) is 4.09. The molecule has 0 bridgehead atoms. The van der Waals surface area contributed by atoms with Crippen LogP contribution in [0.4, 0.5) is 4.39 Å². The van der Waals surface area contributed by atoms with Crippen molar-refractivity contribution in [2.45, 2.75) is 45.4 Å². The van der Waals surface area contributed by atoms with Crippen molar-refractivity contribution in [1.29, 1.82) is 0 Å². The zero-order valence-electron chi connectivity index (χ0n) is 22.6. The number of rotatable bonds is 10. The number of likely N-dealkylation sites (tertiary alicyclic amines) is 1. The lowest BCUT2D eigenvalue weighted by Crippen LogP contribution is -2.33. The fourth-order valence-corrected chi connectivity index (χ4v) is 5.26. The first-order chi connectivity index (χ1) is 18.0. The lowest BCUT2D eigenvalue weighted by atomic mass is 9.90. The molecule has 1 aliphatic rings. The van der Waals surface area contributed by atoms with Crippen LogP contribution < -0.4 is 4.74 Å². The van der Waals surface area contributed by atoms with Crippen LogP contribution in [-0.4, -0.2) is 42.1 Å². The summed E-state index contributed by atoms with van der Waals surface area (Å²) in [4.78, 5) is 4.70. The highest BCUT2D eigenvalue weighted by atomic mass is 35.5. The van der Waals surface area contributed by atoms with Gasteiger partial charge in [-0.2, -0.15) is 0 Å². The first kappa shape index (κ1) is 30.9. The standard InChI is InChI=1S/C31H36FN3O2.2ClH/c1-34(2)21-29-25(22-36-27-12-10-26(32)11-13-27)9-14-28-30(33-37-31(28)29)15-8-23-16-18-35(19-17-23)20-24-6-4-3-5-7-24;;/h3-7,9-14,23H,8,15-22H2,1-2H3;2*1H. The average Bonchev–Trinajstić information content (AvgIpc) is 3.32. The third kappa shape index (κ3) is 8.18. The maximum Gasteiger partial charge on any atom is 0.172 e. The molecule has 1 aliphatic heterocycles. The molecule has 0 atom stereocenters. The van der Waals surface area contributed by atoms with Crippen molar-refractivity contribution < 1.29 is 13.7 Å². The van der Waals surface area contributed by atoms with Crippen molar-refractivity contribution in [3.8, 4) is 5.75 Å². The van der Waals surface area contributed by atoms with E-state index in [4.69, 9.17) is 9.26 Å². The third-order valence-electron chi connectivity index (χ3n) is 7.34. The Labute approximate surface area is 243 Å². The van der Waals surface area contributed by atoms with Gasteiger partial charge in [0.05, 0.1) is 5.69 Å². The minimum absolute atomic E-state index is 0. The molecule has 0 N–H and O–H groups in total. The Morgan fingerprint density at radius 2 is 1.69 bits per heavy atom. The van der Waals surface area contributed by atoms with E-state index in [0.29, 0.717) is 12.4 Å². The molecular weight excluding hydrogens is 536 g/mol. The van der Waals surface area contributed by atoms with Gasteiger partial charge in [-0.25, -0.2) is 4.39 Å². The van der Waals surface area contributed by atoms with Gasteiger partial charge in [-0.3, -0.25) is 4.90 Å². The van der Waals surface area contributed by atoms with Gasteiger partial charge in [0.1, 0.15) is 18.2 Å². The first-order valence-corrected chi connectivity index (χ1v) is 13.2. The molecule has 8 heteroatoms. The van der Waals surface area contributed by atoms with E-state index >= 15 is 0 Å². The predicted molar refractivity (Wildman–Crippen MR) is 159 cm³/mol. The minimum Gasteiger partial charge on any atom is -0.489 e. The summed E-state index contributed by atoms with van der Waals surface area (Å²) in [5.74, 6) is 1.10. The van der Waals surface area contributed by atoms with Crippen LogP contribution in [0.25, 0.3) is 11.0 Å². The second-order valence-electron chi connectivity index (χ2n) is 10.4. The summed E-state index contributed by atoms with van der Waals surface area (Å²) < 4.78 is 25.1. The van der Waals surface area contributed by atoms with Crippen molar-refractivity contribution in [2.75, 3.05) is 27.2 Å². The quantitative estimate of drug-likeness (QED) is 0.199. The number of piperidine rings is 1. The van der Waals surface area contributed by atoms with Gasteiger partial charge in [0.15, 0.2) is 5.58 Å². The number of nitrogens with zero attached hydrogens (tertiary/aromatic N) is 3. The molecule has 0 radical (unpaired) electrons. The zero-order chi connectivity index (χ0) is 25.6. The highest BCUT2D eigenvalue weighted by Gasteiger charge is 2.21. The van der Waals surface area contributed by atoms with Crippen molar-refractivity contribution in [3.05, 3.63) is 94.9 Å². The van der Waals surface area contributed by atoms with Crippen LogP contribution in [0.2, 0.25) is 0 Å². The van der Waals surface area contributed by atoms with Gasteiger partial charge < -0.3 is 14.2 Å². The molecule has 39 heavy (non-hydrogen) atoms. The van der Waals surface area contributed by atoms with E-state index in [-0.39, 0.29) is 30.6 Å². The Morgan fingerprint density at radius 3 is 2.38 bits per heavy atom. The number of aromatic nitrogens is 1. The summed E-state index contributed by atoms with van der Waals surface area (Å²) >= 11 is 0. The Bertz CT molecular complexity index is 1290. The van der Waals surface area contributed by atoms with Crippen molar-refractivity contribution in [2.24, 2.45) is 5.92 Å². The average molecular weight is 575 g/mol. The molecule has 4 aromatic rings. The molecular formula is C31H38Cl2FN3O2. The van der Waals surface area contributed by atoms with E-state index in [9.17, 15) is 4.39 Å². The third-order valence-corrected chi connectivity index (χ3v) is 7.34. The lowest BCUT2D eigenvalue weighted by molar-refractivity contribution is 0.172. The van der Waals surface area contributed by atoms with Gasteiger partial charge >= 0.3 is 0 Å². The molecule has 1 aromatic heterocycles. The fourth-order valence-electron chi connectivity index (χ4n) is 5.26. The molecule has 0 amide bonds. The van der Waals surface area contributed by atoms with E-state index in [1.807, 2.05) is 14.1 Å². The van der Waals surface area contributed by atoms with Gasteiger partial charge in [-0.15, -0.1) is 24.8 Å². The fraction of sp³-hybridized carbons (Fsp3) is 0.387. The molecule has 2 heterocycles. The number of aryl methyl sites for hydroxylation is 1. The van der Waals surface area contributed by atoms with Crippen molar-refractivity contribution in [3.63, 3.8) is 0 Å². The Morgan fingerprint density at radius 1 is 0.974 bits per heavy atom. The van der Waals surface area contributed by atoms with E-state index < -0.39 is 0 Å². The normalized spacial score (nSPS) is 14.3. The number of hydrogen-bond donors (Lipinski definition) is 0. The SMILES string of the molecule is CN(C)Cc1c(COc2ccc(F)cc2)ccc2c(CCC3CCN(Cc4ccccc4)CC3)noc12.Cl.Cl. The molecule has 0 spiro atoms. The summed E-state index contributed by atoms with van der Waals surface area (Å²) in [6, 6.07) is 21.1. The van der Waals surface area contributed by atoms with Gasteiger partial charge in [0, 0.05) is 24.0 Å². The Kier molecular flexibility index (Phi) is 11.6.